The van der Waals surface area contributed by atoms with E-state index < -0.39 is 11.9 Å². The number of nitrogen functional groups attached to an aromatic ring is 1. The molecule has 1 aromatic rings. The van der Waals surface area contributed by atoms with E-state index in [0.717, 1.165) is 0 Å². The fraction of sp³-hybridized carbons (Fsp3) is 0.375. The fourth-order valence-electron chi connectivity index (χ4n) is 0.880. The largest absolute Gasteiger partial charge is 0.481 e. The number of hydrogen-bond donors (Lipinski definition) is 2. The first kappa shape index (κ1) is 9.44. The third-order valence-electron chi connectivity index (χ3n) is 1.68. The first-order valence-corrected chi connectivity index (χ1v) is 3.90. The van der Waals surface area contributed by atoms with Gasteiger partial charge in [0.1, 0.15) is 5.82 Å². The molecule has 5 heteroatoms. The van der Waals surface area contributed by atoms with Crippen molar-refractivity contribution < 1.29 is 9.90 Å². The highest BCUT2D eigenvalue weighted by molar-refractivity contribution is 5.69. The van der Waals surface area contributed by atoms with Crippen molar-refractivity contribution in [2.45, 2.75) is 13.3 Å². The van der Waals surface area contributed by atoms with Gasteiger partial charge in [-0.1, -0.05) is 6.92 Å². The summed E-state index contributed by atoms with van der Waals surface area (Å²) in [4.78, 5) is 10.5. The predicted octanol–water partition coefficient (Wildman–Crippen LogP) is 0.322. The molecule has 0 amide bonds. The third kappa shape index (κ3) is 2.70. The van der Waals surface area contributed by atoms with Crippen molar-refractivity contribution in [2.24, 2.45) is 5.92 Å². The van der Waals surface area contributed by atoms with Crippen LogP contribution >= 0.6 is 0 Å². The molecule has 0 radical (unpaired) electrons. The molecular weight excluding hydrogens is 170 g/mol. The van der Waals surface area contributed by atoms with E-state index in [1.54, 1.807) is 19.1 Å². The highest BCUT2D eigenvalue weighted by atomic mass is 16.4. The maximum atomic E-state index is 10.5. The predicted molar refractivity (Wildman–Crippen MR) is 46.9 cm³/mol. The van der Waals surface area contributed by atoms with Gasteiger partial charge >= 0.3 is 5.97 Å². The molecule has 0 aliphatic heterocycles. The lowest BCUT2D eigenvalue weighted by Crippen LogP contribution is -2.13. The van der Waals surface area contributed by atoms with E-state index in [0.29, 0.717) is 17.9 Å². The Morgan fingerprint density at radius 3 is 2.77 bits per heavy atom. The fourth-order valence-corrected chi connectivity index (χ4v) is 0.880. The van der Waals surface area contributed by atoms with E-state index >= 15 is 0 Å². The molecule has 0 saturated heterocycles. The van der Waals surface area contributed by atoms with Gasteiger partial charge in [0.15, 0.2) is 0 Å². The maximum Gasteiger partial charge on any atom is 0.306 e. The summed E-state index contributed by atoms with van der Waals surface area (Å²) in [6, 6.07) is 3.29. The molecule has 1 aromatic heterocycles. The molecule has 70 valence electrons. The molecule has 1 rings (SSSR count). The number of carbonyl (C=O) groups is 1. The average Bonchev–Trinajstić information content (AvgIpc) is 2.08. The van der Waals surface area contributed by atoms with Gasteiger partial charge in [-0.15, -0.1) is 5.10 Å². The second-order valence-corrected chi connectivity index (χ2v) is 2.89. The minimum Gasteiger partial charge on any atom is -0.481 e. The van der Waals surface area contributed by atoms with Gasteiger partial charge in [-0.25, -0.2) is 0 Å². The van der Waals surface area contributed by atoms with Crippen LogP contribution in [0.1, 0.15) is 12.6 Å². The minimum atomic E-state index is -0.835. The standard InChI is InChI=1S/C8H11N3O2/c1-5(8(12)13)4-6-2-3-7(9)11-10-6/h2-3,5H,4H2,1H3,(H2,9,11)(H,12,13). The lowest BCUT2D eigenvalue weighted by molar-refractivity contribution is -0.141. The Kier molecular flexibility index (Phi) is 2.79. The van der Waals surface area contributed by atoms with Crippen molar-refractivity contribution in [3.8, 4) is 0 Å². The number of carboxylic acids is 1. The monoisotopic (exact) mass is 181 g/mol. The van der Waals surface area contributed by atoms with E-state index in [1.807, 2.05) is 0 Å². The molecule has 1 heterocycles. The van der Waals surface area contributed by atoms with Crippen LogP contribution in [0, 0.1) is 5.92 Å². The molecule has 0 spiro atoms. The lowest BCUT2D eigenvalue weighted by Gasteiger charge is -2.03. The van der Waals surface area contributed by atoms with Crippen LogP contribution in [0.25, 0.3) is 0 Å². The van der Waals surface area contributed by atoms with Gasteiger partial charge in [0, 0.05) is 6.42 Å². The van der Waals surface area contributed by atoms with Crippen LogP contribution in [0.2, 0.25) is 0 Å². The van der Waals surface area contributed by atoms with Gasteiger partial charge in [-0.05, 0) is 12.1 Å². The van der Waals surface area contributed by atoms with Crippen molar-refractivity contribution in [3.63, 3.8) is 0 Å². The van der Waals surface area contributed by atoms with E-state index in [2.05, 4.69) is 10.2 Å². The van der Waals surface area contributed by atoms with E-state index in [1.165, 1.54) is 0 Å². The number of hydrogen-bond acceptors (Lipinski definition) is 4. The second kappa shape index (κ2) is 3.84. The van der Waals surface area contributed by atoms with Gasteiger partial charge < -0.3 is 10.8 Å². The average molecular weight is 181 g/mol. The van der Waals surface area contributed by atoms with Crippen LogP contribution in [0.4, 0.5) is 5.82 Å². The number of nitrogens with zero attached hydrogens (tertiary/aromatic N) is 2. The number of nitrogens with two attached hydrogens (primary N) is 1. The number of aliphatic carboxylic acids is 1. The van der Waals surface area contributed by atoms with Crippen LogP contribution in [0.3, 0.4) is 0 Å². The van der Waals surface area contributed by atoms with Crippen LogP contribution in [0.15, 0.2) is 12.1 Å². The molecule has 1 atom stereocenters. The zero-order valence-electron chi connectivity index (χ0n) is 7.27. The zero-order valence-corrected chi connectivity index (χ0v) is 7.27. The molecule has 13 heavy (non-hydrogen) atoms. The lowest BCUT2D eigenvalue weighted by atomic mass is 10.1. The van der Waals surface area contributed by atoms with Crippen molar-refractivity contribution in [2.75, 3.05) is 5.73 Å². The smallest absolute Gasteiger partial charge is 0.306 e. The number of rotatable bonds is 3. The first-order chi connectivity index (χ1) is 6.09. The summed E-state index contributed by atoms with van der Waals surface area (Å²) in [5, 5.41) is 16.0. The summed E-state index contributed by atoms with van der Waals surface area (Å²) in [6.45, 7) is 1.63. The summed E-state index contributed by atoms with van der Waals surface area (Å²) >= 11 is 0. The first-order valence-electron chi connectivity index (χ1n) is 3.90. The number of aromatic nitrogens is 2. The SMILES string of the molecule is CC(Cc1ccc(N)nn1)C(=O)O. The number of anilines is 1. The molecule has 0 saturated carbocycles. The highest BCUT2D eigenvalue weighted by Gasteiger charge is 2.12. The van der Waals surface area contributed by atoms with Crippen LogP contribution in [0.5, 0.6) is 0 Å². The summed E-state index contributed by atoms with van der Waals surface area (Å²) in [7, 11) is 0. The molecule has 0 aliphatic carbocycles. The van der Waals surface area contributed by atoms with E-state index in [-0.39, 0.29) is 0 Å². The Morgan fingerprint density at radius 2 is 2.31 bits per heavy atom. The molecule has 1 unspecified atom stereocenters. The Labute approximate surface area is 75.6 Å². The van der Waals surface area contributed by atoms with Crippen molar-refractivity contribution >= 4 is 11.8 Å². The van der Waals surface area contributed by atoms with Crippen LogP contribution in [-0.4, -0.2) is 21.3 Å². The Bertz CT molecular complexity index is 297. The Balaban J connectivity index is 2.64. The molecular formula is C8H11N3O2. The molecule has 0 aliphatic rings. The molecule has 3 N–H and O–H groups in total. The topological polar surface area (TPSA) is 89.1 Å². The van der Waals surface area contributed by atoms with Gasteiger partial charge in [0.2, 0.25) is 0 Å². The summed E-state index contributed by atoms with van der Waals surface area (Å²) in [5.74, 6) is -0.941. The number of carboxylic acid groups (broad SMARTS) is 1. The quantitative estimate of drug-likeness (QED) is 0.701. The zero-order chi connectivity index (χ0) is 9.84. The van der Waals surface area contributed by atoms with Gasteiger partial charge in [0.05, 0.1) is 11.6 Å². The third-order valence-corrected chi connectivity index (χ3v) is 1.68. The van der Waals surface area contributed by atoms with Crippen LogP contribution in [-0.2, 0) is 11.2 Å². The van der Waals surface area contributed by atoms with E-state index in [9.17, 15) is 4.79 Å². The molecule has 5 nitrogen and oxygen atoms in total. The minimum absolute atomic E-state index is 0.340. The molecule has 0 fully saturated rings. The van der Waals surface area contributed by atoms with Gasteiger partial charge in [-0.2, -0.15) is 5.10 Å². The van der Waals surface area contributed by atoms with Crippen LogP contribution < -0.4 is 5.73 Å². The van der Waals surface area contributed by atoms with Gasteiger partial charge in [0.25, 0.3) is 0 Å². The summed E-state index contributed by atoms with van der Waals surface area (Å²) in [5.41, 5.74) is 5.97. The van der Waals surface area contributed by atoms with Gasteiger partial charge in [-0.3, -0.25) is 4.79 Å². The molecule has 0 aromatic carbocycles. The molecule has 0 bridgehead atoms. The summed E-state index contributed by atoms with van der Waals surface area (Å²) in [6.07, 6.45) is 0.378. The van der Waals surface area contributed by atoms with Crippen molar-refractivity contribution in [1.29, 1.82) is 0 Å². The van der Waals surface area contributed by atoms with Crippen molar-refractivity contribution in [3.05, 3.63) is 17.8 Å². The van der Waals surface area contributed by atoms with Crippen molar-refractivity contribution in [1.82, 2.24) is 10.2 Å². The Hall–Kier alpha value is -1.65. The second-order valence-electron chi connectivity index (χ2n) is 2.89. The maximum absolute atomic E-state index is 10.5. The highest BCUT2D eigenvalue weighted by Crippen LogP contribution is 2.05. The summed E-state index contributed by atoms with van der Waals surface area (Å²) < 4.78 is 0. The van der Waals surface area contributed by atoms with E-state index in [4.69, 9.17) is 10.8 Å². The Morgan fingerprint density at radius 1 is 1.62 bits per heavy atom. The normalized spacial score (nSPS) is 12.4.